The first-order chi connectivity index (χ1) is 14.8. The van der Waals surface area contributed by atoms with Crippen molar-refractivity contribution in [2.24, 2.45) is 0 Å². The second-order valence-electron chi connectivity index (χ2n) is 7.19. The number of amides is 1. The summed E-state index contributed by atoms with van der Waals surface area (Å²) in [6.45, 7) is 3.90. The molecule has 0 saturated heterocycles. The highest BCUT2D eigenvalue weighted by molar-refractivity contribution is 7.89. The van der Waals surface area contributed by atoms with Crippen molar-refractivity contribution >= 4 is 21.6 Å². The molecule has 1 aliphatic heterocycles. The van der Waals surface area contributed by atoms with Crippen molar-refractivity contribution < 1.29 is 22.7 Å². The summed E-state index contributed by atoms with van der Waals surface area (Å²) in [7, 11) is -2.44. The quantitative estimate of drug-likeness (QED) is 0.619. The summed E-state index contributed by atoms with van der Waals surface area (Å²) < 4.78 is 39.5. The molecule has 3 aromatic rings. The van der Waals surface area contributed by atoms with E-state index in [-0.39, 0.29) is 28.5 Å². The largest absolute Gasteiger partial charge is 0.456 e. The Labute approximate surface area is 181 Å². The lowest BCUT2D eigenvalue weighted by Crippen LogP contribution is -2.27. The van der Waals surface area contributed by atoms with Crippen LogP contribution in [0.25, 0.3) is 0 Å². The van der Waals surface area contributed by atoms with Gasteiger partial charge in [0.15, 0.2) is 11.5 Å². The van der Waals surface area contributed by atoms with Crippen molar-refractivity contribution in [2.45, 2.75) is 18.7 Å². The number of hydrogen-bond acceptors (Lipinski definition) is 5. The Morgan fingerprint density at radius 3 is 2.48 bits per heavy atom. The molecule has 7 nitrogen and oxygen atoms in total. The third-order valence-electron chi connectivity index (χ3n) is 5.00. The molecule has 0 radical (unpaired) electrons. The zero-order chi connectivity index (χ0) is 22.2. The van der Waals surface area contributed by atoms with Gasteiger partial charge in [-0.25, -0.2) is 12.7 Å². The number of rotatable bonds is 5. The summed E-state index contributed by atoms with van der Waals surface area (Å²) in [4.78, 5) is 12.8. The Morgan fingerprint density at radius 1 is 1.03 bits per heavy atom. The molecule has 0 spiro atoms. The molecule has 4 rings (SSSR count). The van der Waals surface area contributed by atoms with Crippen LogP contribution in [0.4, 0.5) is 5.69 Å². The van der Waals surface area contributed by atoms with Gasteiger partial charge in [-0.05, 0) is 42.8 Å². The Hall–Kier alpha value is -3.36. The molecule has 160 valence electrons. The van der Waals surface area contributed by atoms with E-state index in [1.165, 1.54) is 23.5 Å². The first kappa shape index (κ1) is 20.9. The Morgan fingerprint density at radius 2 is 1.77 bits per heavy atom. The van der Waals surface area contributed by atoms with Gasteiger partial charge < -0.3 is 14.8 Å². The van der Waals surface area contributed by atoms with Crippen LogP contribution in [0.5, 0.6) is 23.0 Å². The lowest BCUT2D eigenvalue weighted by molar-refractivity contribution is 0.102. The van der Waals surface area contributed by atoms with E-state index in [2.05, 4.69) is 5.32 Å². The maximum absolute atomic E-state index is 13.2. The Bertz CT molecular complexity index is 1260. The van der Waals surface area contributed by atoms with E-state index in [0.29, 0.717) is 17.2 Å². The van der Waals surface area contributed by atoms with Crippen molar-refractivity contribution in [1.29, 1.82) is 0 Å². The third kappa shape index (κ3) is 3.99. The highest BCUT2D eigenvalue weighted by Gasteiger charge is 2.30. The van der Waals surface area contributed by atoms with Gasteiger partial charge in [0, 0.05) is 19.7 Å². The van der Waals surface area contributed by atoms with E-state index >= 15 is 0 Å². The smallest absolute Gasteiger partial charge is 0.259 e. The molecule has 0 aromatic heterocycles. The molecular weight excluding hydrogens is 416 g/mol. The molecule has 0 saturated carbocycles. The first-order valence-corrected chi connectivity index (χ1v) is 11.2. The highest BCUT2D eigenvalue weighted by Crippen LogP contribution is 2.42. The summed E-state index contributed by atoms with van der Waals surface area (Å²) in [5.74, 6) is 0.760. The van der Waals surface area contributed by atoms with Crippen LogP contribution < -0.4 is 14.8 Å². The molecule has 1 aliphatic rings. The molecule has 0 fully saturated rings. The molecule has 1 amide bonds. The van der Waals surface area contributed by atoms with Crippen molar-refractivity contribution in [1.82, 2.24) is 4.31 Å². The average molecular weight is 439 g/mol. The minimum atomic E-state index is -3.91. The van der Waals surface area contributed by atoms with E-state index in [0.717, 1.165) is 5.56 Å². The molecular formula is C23H22N2O5S. The van der Waals surface area contributed by atoms with E-state index in [1.54, 1.807) is 43.3 Å². The molecule has 0 aliphatic carbocycles. The van der Waals surface area contributed by atoms with Crippen molar-refractivity contribution in [3.63, 3.8) is 0 Å². The SMILES string of the molecule is CCN(C)S(=O)(=O)c1cc2c(cc1Oc1ccccc1)Oc1ccc(C)cc1NC2=O. The number of benzene rings is 3. The van der Waals surface area contributed by atoms with Gasteiger partial charge in [0.1, 0.15) is 16.4 Å². The predicted octanol–water partition coefficient (Wildman–Crippen LogP) is 4.79. The first-order valence-electron chi connectivity index (χ1n) is 9.76. The second kappa shape index (κ2) is 8.05. The number of ether oxygens (including phenoxy) is 2. The van der Waals surface area contributed by atoms with Crippen molar-refractivity contribution in [3.05, 3.63) is 71.8 Å². The number of anilines is 1. The van der Waals surface area contributed by atoms with E-state index < -0.39 is 15.9 Å². The molecule has 0 unspecified atom stereocenters. The standard InChI is InChI=1S/C23H22N2O5S/c1-4-25(3)31(27,28)22-13-17-20(14-21(22)29-16-8-6-5-7-9-16)30-19-11-10-15(2)12-18(19)24-23(17)26/h5-14H,4H2,1-3H3,(H,24,26). The molecule has 0 atom stereocenters. The molecule has 31 heavy (non-hydrogen) atoms. The number of fused-ring (bicyclic) bond motifs is 2. The fraction of sp³-hybridized carbons (Fsp3) is 0.174. The highest BCUT2D eigenvalue weighted by atomic mass is 32.2. The Balaban J connectivity index is 1.90. The van der Waals surface area contributed by atoms with Crippen LogP contribution in [0.1, 0.15) is 22.8 Å². The molecule has 0 bridgehead atoms. The van der Waals surface area contributed by atoms with Crippen LogP contribution in [0.3, 0.4) is 0 Å². The van der Waals surface area contributed by atoms with Gasteiger partial charge in [0.25, 0.3) is 5.91 Å². The van der Waals surface area contributed by atoms with Gasteiger partial charge in [-0.15, -0.1) is 0 Å². The summed E-state index contributed by atoms with van der Waals surface area (Å²) >= 11 is 0. The van der Waals surface area contributed by atoms with Gasteiger partial charge in [0.2, 0.25) is 10.0 Å². The number of para-hydroxylation sites is 1. The van der Waals surface area contributed by atoms with Crippen molar-refractivity contribution in [2.75, 3.05) is 18.9 Å². The summed E-state index contributed by atoms with van der Waals surface area (Å²) in [5.41, 5.74) is 1.58. The normalized spacial score (nSPS) is 13.0. The number of hydrogen-bond donors (Lipinski definition) is 1. The van der Waals surface area contributed by atoms with Crippen LogP contribution in [0.2, 0.25) is 0 Å². The van der Waals surface area contributed by atoms with Gasteiger partial charge in [-0.2, -0.15) is 0 Å². The van der Waals surface area contributed by atoms with Gasteiger partial charge in [0.05, 0.1) is 11.3 Å². The number of nitrogens with zero attached hydrogens (tertiary/aromatic N) is 1. The van der Waals surface area contributed by atoms with Crippen molar-refractivity contribution in [3.8, 4) is 23.0 Å². The zero-order valence-electron chi connectivity index (χ0n) is 17.4. The summed E-state index contributed by atoms with van der Waals surface area (Å²) in [6.07, 6.45) is 0. The minimum absolute atomic E-state index is 0.0774. The predicted molar refractivity (Wildman–Crippen MR) is 118 cm³/mol. The lowest BCUT2D eigenvalue weighted by atomic mass is 10.1. The molecule has 3 aromatic carbocycles. The second-order valence-corrected chi connectivity index (χ2v) is 9.20. The van der Waals surface area contributed by atoms with Gasteiger partial charge in [-0.3, -0.25) is 4.79 Å². The van der Waals surface area contributed by atoms with E-state index in [1.807, 2.05) is 19.1 Å². The number of carbonyl (C=O) groups is 1. The molecule has 1 N–H and O–H groups in total. The topological polar surface area (TPSA) is 84.9 Å². The van der Waals surface area contributed by atoms with Crippen LogP contribution in [-0.2, 0) is 10.0 Å². The maximum atomic E-state index is 13.2. The molecule has 1 heterocycles. The monoisotopic (exact) mass is 438 g/mol. The van der Waals surface area contributed by atoms with Crippen LogP contribution in [0, 0.1) is 6.92 Å². The average Bonchev–Trinajstić information content (AvgIpc) is 2.88. The summed E-state index contributed by atoms with van der Waals surface area (Å²) in [5, 5.41) is 2.80. The maximum Gasteiger partial charge on any atom is 0.259 e. The van der Waals surface area contributed by atoms with Crippen LogP contribution in [-0.4, -0.2) is 32.2 Å². The van der Waals surface area contributed by atoms with Crippen LogP contribution >= 0.6 is 0 Å². The molecule has 8 heteroatoms. The number of sulfonamides is 1. The van der Waals surface area contributed by atoms with Gasteiger partial charge in [-0.1, -0.05) is 31.2 Å². The fourth-order valence-electron chi connectivity index (χ4n) is 3.18. The van der Waals surface area contributed by atoms with E-state index in [9.17, 15) is 13.2 Å². The number of nitrogens with one attached hydrogen (secondary N) is 1. The number of carbonyl (C=O) groups excluding carboxylic acids is 1. The minimum Gasteiger partial charge on any atom is -0.456 e. The fourth-order valence-corrected chi connectivity index (χ4v) is 4.47. The third-order valence-corrected chi connectivity index (χ3v) is 6.95. The van der Waals surface area contributed by atoms with Gasteiger partial charge >= 0.3 is 0 Å². The Kier molecular flexibility index (Phi) is 5.43. The lowest BCUT2D eigenvalue weighted by Gasteiger charge is -2.19. The zero-order valence-corrected chi connectivity index (χ0v) is 18.2. The van der Waals surface area contributed by atoms with Crippen LogP contribution in [0.15, 0.2) is 65.6 Å². The number of aryl methyl sites for hydroxylation is 1. The summed E-state index contributed by atoms with van der Waals surface area (Å²) in [6, 6.07) is 17.0. The van der Waals surface area contributed by atoms with E-state index in [4.69, 9.17) is 9.47 Å².